The minimum Gasteiger partial charge on any atom is -0.396 e. The van der Waals surface area contributed by atoms with Crippen molar-refractivity contribution >= 4 is 11.6 Å². The molecule has 4 N–H and O–H groups in total. The Labute approximate surface area is 101 Å². The van der Waals surface area contributed by atoms with Gasteiger partial charge in [-0.05, 0) is 18.3 Å². The first-order valence-corrected chi connectivity index (χ1v) is 6.18. The molecule has 17 heavy (non-hydrogen) atoms. The number of nitrogens with zero attached hydrogens (tertiary/aromatic N) is 1. The van der Waals surface area contributed by atoms with E-state index in [1.165, 1.54) is 38.3 Å². The van der Waals surface area contributed by atoms with Crippen molar-refractivity contribution in [2.75, 3.05) is 12.3 Å². The lowest BCUT2D eigenvalue weighted by molar-refractivity contribution is 0.0915. The van der Waals surface area contributed by atoms with E-state index >= 15 is 0 Å². The topological polar surface area (TPSA) is 83.8 Å². The van der Waals surface area contributed by atoms with E-state index in [4.69, 9.17) is 5.73 Å². The van der Waals surface area contributed by atoms with Crippen molar-refractivity contribution in [3.8, 4) is 0 Å². The third-order valence-corrected chi connectivity index (χ3v) is 3.63. The fourth-order valence-corrected chi connectivity index (χ4v) is 2.44. The number of aromatic nitrogens is 2. The third kappa shape index (κ3) is 2.78. The van der Waals surface area contributed by atoms with Gasteiger partial charge in [-0.3, -0.25) is 9.89 Å². The lowest BCUT2D eigenvalue weighted by atomic mass is 9.76. The van der Waals surface area contributed by atoms with Crippen LogP contribution in [0.15, 0.2) is 6.20 Å². The second-order valence-electron chi connectivity index (χ2n) is 5.25. The highest BCUT2D eigenvalue weighted by atomic mass is 16.1. The lowest BCUT2D eigenvalue weighted by Crippen LogP contribution is -2.37. The van der Waals surface area contributed by atoms with Crippen molar-refractivity contribution in [3.05, 3.63) is 11.9 Å². The molecular weight excluding hydrogens is 216 g/mol. The van der Waals surface area contributed by atoms with E-state index in [2.05, 4.69) is 22.4 Å². The van der Waals surface area contributed by atoms with Crippen LogP contribution < -0.4 is 11.1 Å². The van der Waals surface area contributed by atoms with Crippen LogP contribution in [0.2, 0.25) is 0 Å². The number of carbonyl (C=O) groups is 1. The second-order valence-corrected chi connectivity index (χ2v) is 5.25. The monoisotopic (exact) mass is 236 g/mol. The van der Waals surface area contributed by atoms with Gasteiger partial charge in [0.15, 0.2) is 0 Å². The summed E-state index contributed by atoms with van der Waals surface area (Å²) in [6, 6.07) is 0. The van der Waals surface area contributed by atoms with Gasteiger partial charge in [-0.15, -0.1) is 0 Å². The van der Waals surface area contributed by atoms with Crippen molar-refractivity contribution in [1.82, 2.24) is 15.5 Å². The van der Waals surface area contributed by atoms with Crippen molar-refractivity contribution in [1.29, 1.82) is 0 Å². The normalized spacial score (nSPS) is 18.9. The summed E-state index contributed by atoms with van der Waals surface area (Å²) >= 11 is 0. The fraction of sp³-hybridized carbons (Fsp3) is 0.667. The van der Waals surface area contributed by atoms with E-state index in [0.717, 1.165) is 0 Å². The van der Waals surface area contributed by atoms with Gasteiger partial charge in [-0.25, -0.2) is 0 Å². The summed E-state index contributed by atoms with van der Waals surface area (Å²) < 4.78 is 0. The zero-order valence-electron chi connectivity index (χ0n) is 10.3. The molecule has 0 radical (unpaired) electrons. The quantitative estimate of drug-likeness (QED) is 0.746. The molecule has 2 rings (SSSR count). The summed E-state index contributed by atoms with van der Waals surface area (Å²) in [4.78, 5) is 11.8. The molecule has 5 nitrogen and oxygen atoms in total. The van der Waals surface area contributed by atoms with Crippen LogP contribution >= 0.6 is 0 Å². The summed E-state index contributed by atoms with van der Waals surface area (Å²) in [6.45, 7) is 2.95. The third-order valence-electron chi connectivity index (χ3n) is 3.63. The summed E-state index contributed by atoms with van der Waals surface area (Å²) in [6.07, 6.45) is 7.67. The van der Waals surface area contributed by atoms with E-state index in [1.807, 2.05) is 0 Å². The molecule has 1 aliphatic carbocycles. The minimum atomic E-state index is -0.160. The number of H-pyrrole nitrogens is 1. The van der Waals surface area contributed by atoms with Crippen LogP contribution in [-0.2, 0) is 0 Å². The maximum Gasteiger partial charge on any atom is 0.271 e. The first-order valence-electron chi connectivity index (χ1n) is 6.18. The highest BCUT2D eigenvalue weighted by molar-refractivity contribution is 5.96. The van der Waals surface area contributed by atoms with Crippen molar-refractivity contribution in [2.45, 2.75) is 39.0 Å². The minimum absolute atomic E-state index is 0.160. The van der Waals surface area contributed by atoms with Gasteiger partial charge in [0.05, 0.1) is 11.9 Å². The Kier molecular flexibility index (Phi) is 3.36. The Morgan fingerprint density at radius 2 is 2.24 bits per heavy atom. The predicted octanol–water partition coefficient (Wildman–Crippen LogP) is 1.69. The van der Waals surface area contributed by atoms with Crippen LogP contribution in [-0.4, -0.2) is 22.6 Å². The zero-order valence-corrected chi connectivity index (χ0v) is 10.3. The Morgan fingerprint density at radius 1 is 1.53 bits per heavy atom. The van der Waals surface area contributed by atoms with Crippen LogP contribution in [0.1, 0.15) is 49.5 Å². The van der Waals surface area contributed by atoms with E-state index in [0.29, 0.717) is 17.9 Å². The molecule has 1 amide bonds. The summed E-state index contributed by atoms with van der Waals surface area (Å²) in [7, 11) is 0. The standard InChI is InChI=1S/C12H20N4O/c1-12(5-3-2-4-6-12)8-14-11(17)10-9(13)7-15-16-10/h7H,2-6,8,13H2,1H3,(H,14,17)(H,15,16). The lowest BCUT2D eigenvalue weighted by Gasteiger charge is -2.33. The summed E-state index contributed by atoms with van der Waals surface area (Å²) in [5, 5.41) is 9.31. The molecule has 5 heteroatoms. The maximum atomic E-state index is 11.8. The number of carbonyl (C=O) groups excluding carboxylic acids is 1. The summed E-state index contributed by atoms with van der Waals surface area (Å²) in [5.74, 6) is -0.160. The van der Waals surface area contributed by atoms with Gasteiger partial charge in [0.1, 0.15) is 5.69 Å². The van der Waals surface area contributed by atoms with Gasteiger partial charge in [0.2, 0.25) is 0 Å². The number of nitrogen functional groups attached to an aromatic ring is 1. The molecular formula is C12H20N4O. The van der Waals surface area contributed by atoms with Crippen LogP contribution in [0.4, 0.5) is 5.69 Å². The number of hydrogen-bond acceptors (Lipinski definition) is 3. The SMILES string of the molecule is CC1(CNC(=O)c2[nH]ncc2N)CCCCC1. The Balaban J connectivity index is 1.90. The molecule has 1 heterocycles. The predicted molar refractivity (Wildman–Crippen MR) is 66.5 cm³/mol. The molecule has 1 aliphatic rings. The Bertz CT molecular complexity index is 393. The first kappa shape index (κ1) is 12.0. The van der Waals surface area contributed by atoms with Crippen LogP contribution in [0, 0.1) is 5.41 Å². The van der Waals surface area contributed by atoms with Crippen LogP contribution in [0.25, 0.3) is 0 Å². The molecule has 0 aromatic carbocycles. The molecule has 0 spiro atoms. The molecule has 0 unspecified atom stereocenters. The number of nitrogens with two attached hydrogens (primary N) is 1. The zero-order chi connectivity index (χ0) is 12.3. The number of amides is 1. The van der Waals surface area contributed by atoms with Gasteiger partial charge in [0, 0.05) is 6.54 Å². The van der Waals surface area contributed by atoms with E-state index in [1.54, 1.807) is 0 Å². The van der Waals surface area contributed by atoms with E-state index < -0.39 is 0 Å². The number of rotatable bonds is 3. The molecule has 1 saturated carbocycles. The maximum absolute atomic E-state index is 11.8. The van der Waals surface area contributed by atoms with Gasteiger partial charge < -0.3 is 11.1 Å². The number of nitrogens with one attached hydrogen (secondary N) is 2. The van der Waals surface area contributed by atoms with Crippen molar-refractivity contribution < 1.29 is 4.79 Å². The molecule has 0 aliphatic heterocycles. The molecule has 0 saturated heterocycles. The molecule has 0 atom stereocenters. The highest BCUT2D eigenvalue weighted by Crippen LogP contribution is 2.34. The Hall–Kier alpha value is -1.52. The number of hydrogen-bond donors (Lipinski definition) is 3. The van der Waals surface area contributed by atoms with Gasteiger partial charge in [0.25, 0.3) is 5.91 Å². The molecule has 1 aromatic rings. The van der Waals surface area contributed by atoms with Gasteiger partial charge in [-0.1, -0.05) is 26.2 Å². The molecule has 1 fully saturated rings. The number of anilines is 1. The smallest absolute Gasteiger partial charge is 0.271 e. The highest BCUT2D eigenvalue weighted by Gasteiger charge is 2.27. The largest absolute Gasteiger partial charge is 0.396 e. The second kappa shape index (κ2) is 4.77. The van der Waals surface area contributed by atoms with Crippen LogP contribution in [0.5, 0.6) is 0 Å². The van der Waals surface area contributed by atoms with Gasteiger partial charge >= 0.3 is 0 Å². The molecule has 94 valence electrons. The first-order chi connectivity index (χ1) is 8.11. The van der Waals surface area contributed by atoms with E-state index in [9.17, 15) is 4.79 Å². The van der Waals surface area contributed by atoms with Crippen LogP contribution in [0.3, 0.4) is 0 Å². The fourth-order valence-electron chi connectivity index (χ4n) is 2.44. The van der Waals surface area contributed by atoms with E-state index in [-0.39, 0.29) is 11.3 Å². The van der Waals surface area contributed by atoms with Gasteiger partial charge in [-0.2, -0.15) is 5.10 Å². The van der Waals surface area contributed by atoms with Crippen molar-refractivity contribution in [2.24, 2.45) is 5.41 Å². The summed E-state index contributed by atoms with van der Waals surface area (Å²) in [5.41, 5.74) is 6.63. The average Bonchev–Trinajstić information content (AvgIpc) is 2.74. The van der Waals surface area contributed by atoms with Crippen molar-refractivity contribution in [3.63, 3.8) is 0 Å². The number of aromatic amines is 1. The average molecular weight is 236 g/mol. The molecule has 1 aromatic heterocycles. The Morgan fingerprint density at radius 3 is 2.82 bits per heavy atom. The molecule has 0 bridgehead atoms.